The lowest BCUT2D eigenvalue weighted by atomic mass is 11.0. The molecule has 0 aliphatic heterocycles. The van der Waals surface area contributed by atoms with Crippen LogP contribution in [0.1, 0.15) is 0 Å². The second-order valence-corrected chi connectivity index (χ2v) is 0.943. The van der Waals surface area contributed by atoms with E-state index in [1.807, 2.05) is 0 Å². The van der Waals surface area contributed by atoms with Gasteiger partial charge in [0.25, 0.3) is 0 Å². The van der Waals surface area contributed by atoms with Crippen LogP contribution in [0.25, 0.3) is 0 Å². The molecule has 9 heavy (non-hydrogen) atoms. The van der Waals surface area contributed by atoms with Crippen LogP contribution < -0.4 is 5.73 Å². The number of rotatable bonds is 1. The molecule has 5 nitrogen and oxygen atoms in total. The maximum Gasteiger partial charge on any atom is 0.337 e. The fraction of sp³-hybridized carbons (Fsp3) is 0.500. The maximum absolute atomic E-state index is 9.78. The highest BCUT2D eigenvalue weighted by molar-refractivity contribution is 5.85. The monoisotopic (exact) mass is 175 g/mol. The molecule has 0 aromatic rings. The molecule has 56 valence electrons. The van der Waals surface area contributed by atoms with Crippen molar-refractivity contribution < 1.29 is 4.79 Å². The molecular weight excluding hydrogens is 169 g/mol. The number of carbonyl (C=O) groups excluding carboxylic acids is 1. The summed E-state index contributed by atoms with van der Waals surface area (Å²) >= 11 is 0. The quantitative estimate of drug-likeness (QED) is 0.467. The summed E-state index contributed by atoms with van der Waals surface area (Å²) in [7, 11) is 1.18. The molecule has 0 aromatic heterocycles. The molecule has 0 spiro atoms. The van der Waals surface area contributed by atoms with E-state index in [1.54, 1.807) is 0 Å². The van der Waals surface area contributed by atoms with Crippen molar-refractivity contribution in [3.8, 4) is 0 Å². The van der Waals surface area contributed by atoms with Gasteiger partial charge < -0.3 is 5.73 Å². The van der Waals surface area contributed by atoms with Gasteiger partial charge in [-0.1, -0.05) is 0 Å². The van der Waals surface area contributed by atoms with E-state index in [9.17, 15) is 9.70 Å². The number of urea groups is 1. The molecule has 0 heterocycles. The zero-order valence-electron chi connectivity index (χ0n) is 4.60. The second kappa shape index (κ2) is 7.45. The van der Waals surface area contributed by atoms with E-state index < -0.39 is 6.03 Å². The number of nitroso groups, excluding NO2 is 1. The van der Waals surface area contributed by atoms with Crippen molar-refractivity contribution in [2.45, 2.75) is 0 Å². The molecular formula is C2H7Cl2N3O2. The summed E-state index contributed by atoms with van der Waals surface area (Å²) in [6, 6.07) is -0.852. The molecule has 0 saturated heterocycles. The predicted molar refractivity (Wildman–Crippen MR) is 37.6 cm³/mol. The van der Waals surface area contributed by atoms with Crippen molar-refractivity contribution in [2.75, 3.05) is 7.05 Å². The van der Waals surface area contributed by atoms with E-state index in [4.69, 9.17) is 0 Å². The number of hydrogen-bond acceptors (Lipinski definition) is 3. The van der Waals surface area contributed by atoms with Crippen LogP contribution in [0.3, 0.4) is 0 Å². The Labute approximate surface area is 64.3 Å². The van der Waals surface area contributed by atoms with Gasteiger partial charge in [0, 0.05) is 7.05 Å². The minimum Gasteiger partial charge on any atom is -0.350 e. The lowest BCUT2D eigenvalue weighted by Crippen LogP contribution is -2.26. The van der Waals surface area contributed by atoms with Crippen molar-refractivity contribution in [1.29, 1.82) is 0 Å². The number of nitrogens with two attached hydrogens (primary N) is 1. The number of amides is 2. The standard InChI is InChI=1S/C2H5N3O2.2ClH/c1-5(4-7)2(3)6;;/h1H3,(H2,3,6);2*1H. The molecule has 7 heteroatoms. The largest absolute Gasteiger partial charge is 0.350 e. The third-order valence-corrected chi connectivity index (χ3v) is 0.441. The van der Waals surface area contributed by atoms with Crippen LogP contribution in [0.4, 0.5) is 4.79 Å². The fourth-order valence-corrected chi connectivity index (χ4v) is 0.0402. The summed E-state index contributed by atoms with van der Waals surface area (Å²) in [4.78, 5) is 19.1. The van der Waals surface area contributed by atoms with Crippen LogP contribution in [0.5, 0.6) is 0 Å². The highest BCUT2D eigenvalue weighted by atomic mass is 35.5. The van der Waals surface area contributed by atoms with Gasteiger partial charge in [0.2, 0.25) is 0 Å². The molecule has 0 saturated carbocycles. The van der Waals surface area contributed by atoms with Crippen LogP contribution in [-0.2, 0) is 0 Å². The number of carbonyl (C=O) groups is 1. The topological polar surface area (TPSA) is 75.8 Å². The summed E-state index contributed by atoms with van der Waals surface area (Å²) in [5, 5.41) is 2.70. The third-order valence-electron chi connectivity index (χ3n) is 0.441. The normalized spacial score (nSPS) is 5.89. The van der Waals surface area contributed by atoms with Crippen molar-refractivity contribution in [3.05, 3.63) is 4.91 Å². The molecule has 0 rings (SSSR count). The minimum absolute atomic E-state index is 0. The molecule has 0 radical (unpaired) electrons. The van der Waals surface area contributed by atoms with E-state index in [1.165, 1.54) is 7.05 Å². The number of nitrogens with zero attached hydrogens (tertiary/aromatic N) is 2. The Bertz CT molecular complexity index is 97.8. The molecule has 2 amide bonds. The highest BCUT2D eigenvalue weighted by Crippen LogP contribution is 1.76. The Morgan fingerprint density at radius 3 is 1.89 bits per heavy atom. The van der Waals surface area contributed by atoms with Crippen LogP contribution in [0, 0.1) is 4.91 Å². The second-order valence-electron chi connectivity index (χ2n) is 0.943. The Balaban J connectivity index is -0.000000180. The van der Waals surface area contributed by atoms with Gasteiger partial charge >= 0.3 is 6.03 Å². The fourth-order valence-electron chi connectivity index (χ4n) is 0.0402. The summed E-state index contributed by atoms with van der Waals surface area (Å²) in [5.74, 6) is 0. The molecule has 0 bridgehead atoms. The molecule has 2 N–H and O–H groups in total. The van der Waals surface area contributed by atoms with E-state index in [2.05, 4.69) is 11.0 Å². The number of primary amides is 1. The predicted octanol–water partition coefficient (Wildman–Crippen LogP) is 0.522. The molecule has 0 aliphatic carbocycles. The van der Waals surface area contributed by atoms with Crippen molar-refractivity contribution in [2.24, 2.45) is 11.0 Å². The summed E-state index contributed by atoms with van der Waals surface area (Å²) in [6.07, 6.45) is 0. The van der Waals surface area contributed by atoms with E-state index in [0.717, 1.165) is 0 Å². The first-order valence-electron chi connectivity index (χ1n) is 1.55. The van der Waals surface area contributed by atoms with Gasteiger partial charge in [0.15, 0.2) is 0 Å². The Morgan fingerprint density at radius 2 is 1.89 bits per heavy atom. The highest BCUT2D eigenvalue weighted by Gasteiger charge is 1.97. The van der Waals surface area contributed by atoms with Crippen molar-refractivity contribution in [1.82, 2.24) is 5.01 Å². The minimum atomic E-state index is -0.852. The van der Waals surface area contributed by atoms with Crippen molar-refractivity contribution in [3.63, 3.8) is 0 Å². The zero-order chi connectivity index (χ0) is 5.86. The van der Waals surface area contributed by atoms with Crippen LogP contribution in [-0.4, -0.2) is 18.1 Å². The van der Waals surface area contributed by atoms with Crippen LogP contribution in [0.15, 0.2) is 5.29 Å². The number of halogens is 2. The molecule has 0 fully saturated rings. The summed E-state index contributed by atoms with van der Waals surface area (Å²) in [5.41, 5.74) is 4.54. The van der Waals surface area contributed by atoms with Gasteiger partial charge in [-0.05, 0) is 0 Å². The van der Waals surface area contributed by atoms with E-state index >= 15 is 0 Å². The molecule has 0 atom stereocenters. The maximum atomic E-state index is 9.78. The van der Waals surface area contributed by atoms with Gasteiger partial charge in [-0.2, -0.15) is 5.01 Å². The van der Waals surface area contributed by atoms with Gasteiger partial charge in [-0.25, -0.2) is 4.79 Å². The lowest BCUT2D eigenvalue weighted by Gasteiger charge is -1.97. The summed E-state index contributed by atoms with van der Waals surface area (Å²) in [6.45, 7) is 0. The Morgan fingerprint density at radius 1 is 1.56 bits per heavy atom. The average Bonchev–Trinajstić information content (AvgIpc) is 1.65. The third kappa shape index (κ3) is 7.45. The van der Waals surface area contributed by atoms with Gasteiger partial charge in [0.1, 0.15) is 0 Å². The van der Waals surface area contributed by atoms with E-state index in [0.29, 0.717) is 5.01 Å². The molecule has 0 aromatic carbocycles. The van der Waals surface area contributed by atoms with Crippen LogP contribution in [0.2, 0.25) is 0 Å². The lowest BCUT2D eigenvalue weighted by molar-refractivity contribution is 0.220. The van der Waals surface area contributed by atoms with Crippen molar-refractivity contribution >= 4 is 30.8 Å². The first kappa shape index (κ1) is 15.8. The number of hydrogen-bond donors (Lipinski definition) is 1. The Hall–Kier alpha value is -0.550. The first-order valence-corrected chi connectivity index (χ1v) is 1.55. The van der Waals surface area contributed by atoms with Gasteiger partial charge in [-0.15, -0.1) is 29.7 Å². The average molecular weight is 176 g/mol. The SMILES string of the molecule is CN(N=O)C(N)=O.Cl.Cl. The van der Waals surface area contributed by atoms with Gasteiger partial charge in [-0.3, -0.25) is 0 Å². The Kier molecular flexibility index (Phi) is 13.1. The summed E-state index contributed by atoms with van der Waals surface area (Å²) < 4.78 is 0. The zero-order valence-corrected chi connectivity index (χ0v) is 6.24. The van der Waals surface area contributed by atoms with Gasteiger partial charge in [0.05, 0.1) is 5.29 Å². The molecule has 0 aliphatic rings. The first-order chi connectivity index (χ1) is 3.18. The smallest absolute Gasteiger partial charge is 0.337 e. The van der Waals surface area contributed by atoms with E-state index in [-0.39, 0.29) is 24.8 Å². The van der Waals surface area contributed by atoms with Crippen LogP contribution >= 0.6 is 24.8 Å². The molecule has 0 unspecified atom stereocenters.